The quantitative estimate of drug-likeness (QED) is 0.843. The van der Waals surface area contributed by atoms with Gasteiger partial charge < -0.3 is 5.11 Å². The Morgan fingerprint density at radius 1 is 1.50 bits per heavy atom. The second kappa shape index (κ2) is 6.27. The zero-order valence-corrected chi connectivity index (χ0v) is 13.8. The van der Waals surface area contributed by atoms with E-state index in [1.165, 1.54) is 6.33 Å². The highest BCUT2D eigenvalue weighted by Gasteiger charge is 2.17. The summed E-state index contributed by atoms with van der Waals surface area (Å²) in [5, 5.41) is 14.4. The lowest BCUT2D eigenvalue weighted by atomic mass is 10.1. The molecular weight excluding hydrogens is 382 g/mol. The Bertz CT molecular complexity index is 526. The van der Waals surface area contributed by atoms with Gasteiger partial charge in [0, 0.05) is 18.5 Å². The molecule has 7 heteroatoms. The summed E-state index contributed by atoms with van der Waals surface area (Å²) in [6.07, 6.45) is 2.44. The van der Waals surface area contributed by atoms with Gasteiger partial charge in [-0.3, -0.25) is 4.68 Å². The molecule has 0 aliphatic carbocycles. The van der Waals surface area contributed by atoms with Crippen LogP contribution in [0.5, 0.6) is 0 Å². The lowest BCUT2D eigenvalue weighted by molar-refractivity contribution is 0.173. The maximum Gasteiger partial charge on any atom is 0.138 e. The smallest absolute Gasteiger partial charge is 0.138 e. The molecule has 1 unspecified atom stereocenters. The lowest BCUT2D eigenvalue weighted by Gasteiger charge is -2.10. The van der Waals surface area contributed by atoms with Crippen LogP contribution < -0.4 is 0 Å². The van der Waals surface area contributed by atoms with Crippen molar-refractivity contribution in [3.05, 3.63) is 31.4 Å². The number of aryl methyl sites for hydroxylation is 1. The SMILES string of the molecule is CCCn1ncnc1CC(O)c1cc(Br)sc1Br. The highest BCUT2D eigenvalue weighted by atomic mass is 79.9. The summed E-state index contributed by atoms with van der Waals surface area (Å²) in [4.78, 5) is 4.20. The Balaban J connectivity index is 2.13. The van der Waals surface area contributed by atoms with Crippen LogP contribution in [0.2, 0.25) is 0 Å². The van der Waals surface area contributed by atoms with E-state index in [0.29, 0.717) is 6.42 Å². The molecule has 0 spiro atoms. The number of aliphatic hydroxyl groups excluding tert-OH is 1. The first-order valence-corrected chi connectivity index (χ1v) is 8.01. The van der Waals surface area contributed by atoms with Gasteiger partial charge in [-0.2, -0.15) is 5.10 Å². The molecule has 0 bridgehead atoms. The first kappa shape index (κ1) is 14.2. The zero-order valence-electron chi connectivity index (χ0n) is 9.81. The van der Waals surface area contributed by atoms with Gasteiger partial charge in [-0.15, -0.1) is 11.3 Å². The van der Waals surface area contributed by atoms with E-state index < -0.39 is 6.10 Å². The third kappa shape index (κ3) is 3.20. The van der Waals surface area contributed by atoms with E-state index in [2.05, 4.69) is 48.9 Å². The monoisotopic (exact) mass is 393 g/mol. The molecule has 2 aromatic rings. The zero-order chi connectivity index (χ0) is 13.1. The van der Waals surface area contributed by atoms with E-state index in [1.807, 2.05) is 10.7 Å². The average Bonchev–Trinajstić information content (AvgIpc) is 2.87. The van der Waals surface area contributed by atoms with Crippen molar-refractivity contribution in [1.82, 2.24) is 14.8 Å². The fraction of sp³-hybridized carbons (Fsp3) is 0.455. The Morgan fingerprint density at radius 2 is 2.28 bits per heavy atom. The van der Waals surface area contributed by atoms with Crippen molar-refractivity contribution in [1.29, 1.82) is 0 Å². The third-order valence-electron chi connectivity index (χ3n) is 2.55. The minimum atomic E-state index is -0.568. The number of nitrogens with zero attached hydrogens (tertiary/aromatic N) is 3. The van der Waals surface area contributed by atoms with Gasteiger partial charge in [-0.25, -0.2) is 4.98 Å². The summed E-state index contributed by atoms with van der Waals surface area (Å²) in [6, 6.07) is 1.93. The van der Waals surface area contributed by atoms with Crippen LogP contribution in [-0.4, -0.2) is 19.9 Å². The molecule has 2 aromatic heterocycles. The molecule has 4 nitrogen and oxygen atoms in total. The molecule has 0 saturated heterocycles. The second-order valence-electron chi connectivity index (χ2n) is 3.90. The Kier molecular flexibility index (Phi) is 4.94. The van der Waals surface area contributed by atoms with E-state index in [0.717, 1.165) is 31.9 Å². The third-order valence-corrected chi connectivity index (χ3v) is 4.93. The van der Waals surface area contributed by atoms with Gasteiger partial charge >= 0.3 is 0 Å². The van der Waals surface area contributed by atoms with Crippen LogP contribution in [0.15, 0.2) is 20.0 Å². The first-order chi connectivity index (χ1) is 8.61. The van der Waals surface area contributed by atoms with E-state index in [4.69, 9.17) is 0 Å². The second-order valence-corrected chi connectivity index (χ2v) is 7.65. The van der Waals surface area contributed by atoms with Crippen LogP contribution in [-0.2, 0) is 13.0 Å². The average molecular weight is 395 g/mol. The highest BCUT2D eigenvalue weighted by molar-refractivity contribution is 9.12. The van der Waals surface area contributed by atoms with Crippen molar-refractivity contribution in [2.24, 2.45) is 0 Å². The van der Waals surface area contributed by atoms with Crippen molar-refractivity contribution in [3.8, 4) is 0 Å². The number of hydrogen-bond acceptors (Lipinski definition) is 4. The molecule has 0 aromatic carbocycles. The van der Waals surface area contributed by atoms with Gasteiger partial charge in [0.1, 0.15) is 12.2 Å². The van der Waals surface area contributed by atoms with Crippen LogP contribution in [0, 0.1) is 0 Å². The molecule has 1 N–H and O–H groups in total. The van der Waals surface area contributed by atoms with E-state index in [1.54, 1.807) is 11.3 Å². The summed E-state index contributed by atoms with van der Waals surface area (Å²) < 4.78 is 3.79. The normalized spacial score (nSPS) is 12.9. The molecule has 0 aliphatic heterocycles. The van der Waals surface area contributed by atoms with Gasteiger partial charge in [0.05, 0.1) is 13.7 Å². The summed E-state index contributed by atoms with van der Waals surface area (Å²) in [5.74, 6) is 0.818. The molecular formula is C11H13Br2N3OS. The molecule has 0 aliphatic rings. The molecule has 18 heavy (non-hydrogen) atoms. The summed E-state index contributed by atoms with van der Waals surface area (Å²) >= 11 is 8.42. The predicted octanol–water partition coefficient (Wildman–Crippen LogP) is 3.55. The van der Waals surface area contributed by atoms with Crippen molar-refractivity contribution < 1.29 is 5.11 Å². The number of rotatable bonds is 5. The number of thiophene rings is 1. The number of aliphatic hydroxyl groups is 1. The molecule has 2 heterocycles. The number of halogens is 2. The van der Waals surface area contributed by atoms with Gasteiger partial charge in [0.15, 0.2) is 0 Å². The minimum absolute atomic E-state index is 0.474. The predicted molar refractivity (Wildman–Crippen MR) is 78.7 cm³/mol. The largest absolute Gasteiger partial charge is 0.388 e. The summed E-state index contributed by atoms with van der Waals surface area (Å²) in [6.45, 7) is 2.92. The molecule has 2 rings (SSSR count). The summed E-state index contributed by atoms with van der Waals surface area (Å²) in [7, 11) is 0. The highest BCUT2D eigenvalue weighted by Crippen LogP contribution is 2.36. The maximum atomic E-state index is 10.3. The fourth-order valence-electron chi connectivity index (χ4n) is 1.71. The molecule has 0 saturated carbocycles. The molecule has 0 amide bonds. The van der Waals surface area contributed by atoms with Gasteiger partial charge in [-0.05, 0) is 44.3 Å². The standard InChI is InChI=1S/C11H13Br2N3OS/c1-2-3-16-10(14-6-15-16)5-8(17)7-4-9(12)18-11(7)13/h4,6,8,17H,2-3,5H2,1H3. The van der Waals surface area contributed by atoms with Crippen molar-refractivity contribution >= 4 is 43.2 Å². The van der Waals surface area contributed by atoms with Crippen LogP contribution in [0.4, 0.5) is 0 Å². The van der Waals surface area contributed by atoms with Crippen molar-refractivity contribution in [2.75, 3.05) is 0 Å². The number of aromatic nitrogens is 3. The van der Waals surface area contributed by atoms with Crippen molar-refractivity contribution in [3.63, 3.8) is 0 Å². The lowest BCUT2D eigenvalue weighted by Crippen LogP contribution is -2.10. The Morgan fingerprint density at radius 3 is 2.89 bits per heavy atom. The van der Waals surface area contributed by atoms with Crippen LogP contribution in [0.25, 0.3) is 0 Å². The fourth-order valence-corrected chi connectivity index (χ4v) is 4.66. The number of hydrogen-bond donors (Lipinski definition) is 1. The van der Waals surface area contributed by atoms with Crippen LogP contribution in [0.3, 0.4) is 0 Å². The first-order valence-electron chi connectivity index (χ1n) is 5.61. The van der Waals surface area contributed by atoms with Crippen LogP contribution >= 0.6 is 43.2 Å². The van der Waals surface area contributed by atoms with E-state index in [9.17, 15) is 5.11 Å². The minimum Gasteiger partial charge on any atom is -0.388 e. The van der Waals surface area contributed by atoms with Gasteiger partial charge in [0.2, 0.25) is 0 Å². The topological polar surface area (TPSA) is 50.9 Å². The Hall–Kier alpha value is -0.240. The molecule has 98 valence electrons. The van der Waals surface area contributed by atoms with Gasteiger partial charge in [-0.1, -0.05) is 6.92 Å². The summed E-state index contributed by atoms with van der Waals surface area (Å²) in [5.41, 5.74) is 0.887. The van der Waals surface area contributed by atoms with Gasteiger partial charge in [0.25, 0.3) is 0 Å². The van der Waals surface area contributed by atoms with Crippen molar-refractivity contribution in [2.45, 2.75) is 32.4 Å². The molecule has 1 atom stereocenters. The van der Waals surface area contributed by atoms with Crippen LogP contribution in [0.1, 0.15) is 30.8 Å². The molecule has 0 radical (unpaired) electrons. The molecule has 0 fully saturated rings. The van der Waals surface area contributed by atoms with E-state index in [-0.39, 0.29) is 0 Å². The maximum absolute atomic E-state index is 10.3. The Labute approximate surface area is 126 Å². The van der Waals surface area contributed by atoms with E-state index >= 15 is 0 Å².